The second-order valence-corrected chi connectivity index (χ2v) is 12.0. The van der Waals surface area contributed by atoms with Crippen LogP contribution in [0.1, 0.15) is 0 Å². The van der Waals surface area contributed by atoms with Crippen molar-refractivity contribution in [3.05, 3.63) is 0 Å². The molecule has 4 heterocycles. The van der Waals surface area contributed by atoms with Gasteiger partial charge in [0.1, 0.15) is 110 Å². The van der Waals surface area contributed by atoms with Crippen LogP contribution in [-0.2, 0) is 28.4 Å². The number of aliphatic hydroxyl groups is 14. The normalized spacial score (nSPS) is 50.4. The van der Waals surface area contributed by atoms with Crippen molar-refractivity contribution in [1.29, 1.82) is 0 Å². The van der Waals surface area contributed by atoms with Crippen molar-refractivity contribution in [1.82, 2.24) is 10.6 Å². The van der Waals surface area contributed by atoms with E-state index >= 15 is 0 Å². The molecule has 0 spiro atoms. The summed E-state index contributed by atoms with van der Waals surface area (Å²) in [6, 6.07) is 0. The second kappa shape index (κ2) is 17.6. The molecular formula is C26H48N2O20. The Kier molecular flexibility index (Phi) is 14.6. The molecule has 20 atom stereocenters. The van der Waals surface area contributed by atoms with Gasteiger partial charge in [0.2, 0.25) is 0 Å². The Bertz CT molecular complexity index is 898. The fourth-order valence-electron chi connectivity index (χ4n) is 5.93. The first-order chi connectivity index (χ1) is 22.8. The highest BCUT2D eigenvalue weighted by atomic mass is 16.7. The number of rotatable bonds is 13. The van der Waals surface area contributed by atoms with Crippen LogP contribution in [0.25, 0.3) is 0 Å². The molecule has 0 aromatic carbocycles. The summed E-state index contributed by atoms with van der Waals surface area (Å²) in [4.78, 5) is 0. The highest BCUT2D eigenvalue weighted by molar-refractivity contribution is 4.97. The predicted molar refractivity (Wildman–Crippen MR) is 149 cm³/mol. The van der Waals surface area contributed by atoms with Gasteiger partial charge in [0, 0.05) is 13.1 Å². The smallest absolute Gasteiger partial charge is 0.187 e. The van der Waals surface area contributed by atoms with Crippen LogP contribution in [0.3, 0.4) is 0 Å². The zero-order chi connectivity index (χ0) is 35.4. The van der Waals surface area contributed by atoms with Gasteiger partial charge in [0.15, 0.2) is 12.6 Å². The van der Waals surface area contributed by atoms with E-state index in [0.717, 1.165) is 0 Å². The van der Waals surface area contributed by atoms with Crippen molar-refractivity contribution >= 4 is 0 Å². The van der Waals surface area contributed by atoms with Gasteiger partial charge in [0.25, 0.3) is 0 Å². The summed E-state index contributed by atoms with van der Waals surface area (Å²) in [6.45, 7) is -3.11. The molecule has 4 saturated heterocycles. The first-order valence-electron chi connectivity index (χ1n) is 15.4. The van der Waals surface area contributed by atoms with Crippen molar-refractivity contribution in [3.63, 3.8) is 0 Å². The Morgan fingerprint density at radius 1 is 0.375 bits per heavy atom. The third-order valence-electron chi connectivity index (χ3n) is 8.83. The van der Waals surface area contributed by atoms with Crippen LogP contribution in [-0.4, -0.2) is 234 Å². The molecular weight excluding hydrogens is 660 g/mol. The standard InChI is InChI=1S/C26H48N2O20/c29-3-7-11(33)15(37)17(39)25(45-7)47-21-13(35)9(5-31)43-23(19(21)41)27-1-2-28-24-20(42)22(14(36)10(6-32)44-24)48-26-18(40)16(38)12(34)8(4-30)46-26/h7-42H,1-6H2/t7-,8-,9-,10-,11-,12-,13-,14-,15+,16+,17+,18+,19+,20+,21+,22+,23+,24+,25-,26-/m1/s1. The van der Waals surface area contributed by atoms with Crippen LogP contribution in [0.2, 0.25) is 0 Å². The molecule has 4 rings (SSSR count). The Morgan fingerprint density at radius 2 is 0.688 bits per heavy atom. The van der Waals surface area contributed by atoms with E-state index in [0.29, 0.717) is 0 Å². The number of ether oxygens (including phenoxy) is 6. The Balaban J connectivity index is 1.35. The minimum absolute atomic E-state index is 0.0695. The molecule has 0 aliphatic carbocycles. The lowest BCUT2D eigenvalue weighted by molar-refractivity contribution is -0.343. The molecule has 4 fully saturated rings. The molecule has 0 aromatic heterocycles. The van der Waals surface area contributed by atoms with Crippen LogP contribution < -0.4 is 10.6 Å². The van der Waals surface area contributed by atoms with Gasteiger partial charge in [0.05, 0.1) is 26.4 Å². The minimum Gasteiger partial charge on any atom is -0.394 e. The van der Waals surface area contributed by atoms with E-state index in [2.05, 4.69) is 10.6 Å². The summed E-state index contributed by atoms with van der Waals surface area (Å²) in [6.07, 6.45) is -31.9. The number of hydrogen-bond donors (Lipinski definition) is 16. The third-order valence-corrected chi connectivity index (χ3v) is 8.83. The monoisotopic (exact) mass is 708 g/mol. The van der Waals surface area contributed by atoms with Crippen molar-refractivity contribution in [2.75, 3.05) is 39.5 Å². The lowest BCUT2D eigenvalue weighted by Gasteiger charge is -2.46. The molecule has 22 heteroatoms. The summed E-state index contributed by atoms with van der Waals surface area (Å²) >= 11 is 0. The lowest BCUT2D eigenvalue weighted by atomic mass is 9.96. The van der Waals surface area contributed by atoms with E-state index in [1.807, 2.05) is 0 Å². The Hall–Kier alpha value is -0.880. The molecule has 16 N–H and O–H groups in total. The highest BCUT2D eigenvalue weighted by Gasteiger charge is 2.52. The Morgan fingerprint density at radius 3 is 1.00 bits per heavy atom. The fraction of sp³-hybridized carbons (Fsp3) is 1.00. The van der Waals surface area contributed by atoms with Gasteiger partial charge in [-0.05, 0) is 0 Å². The predicted octanol–water partition coefficient (Wildman–Crippen LogP) is -10.6. The summed E-state index contributed by atoms with van der Waals surface area (Å²) in [5.41, 5.74) is 0. The molecule has 22 nitrogen and oxygen atoms in total. The molecule has 0 amide bonds. The Labute approximate surface area is 273 Å². The van der Waals surface area contributed by atoms with Gasteiger partial charge in [-0.3, -0.25) is 10.6 Å². The van der Waals surface area contributed by atoms with E-state index < -0.39 is 149 Å². The van der Waals surface area contributed by atoms with Crippen LogP contribution in [0, 0.1) is 0 Å². The quantitative estimate of drug-likeness (QED) is 0.0789. The maximum absolute atomic E-state index is 10.9. The zero-order valence-corrected chi connectivity index (χ0v) is 25.5. The minimum atomic E-state index is -1.84. The number of nitrogens with one attached hydrogen (secondary N) is 2. The SMILES string of the molecule is OC[C@H]1O[C@H](O[C@H]2[C@H](O)[C@@H](CO)O[C@H](NCCN[C@H]3O[C@H](CO)[C@@H](O)[C@H](O[C@H]4O[C@H](CO)[C@@H](O)[C@H](O)[C@@H]4O)[C@@H]3O)[C@H]2O)[C@@H](O)[C@@H](O)[C@@H]1O. The molecule has 0 bridgehead atoms. The van der Waals surface area contributed by atoms with E-state index in [1.165, 1.54) is 0 Å². The van der Waals surface area contributed by atoms with E-state index in [4.69, 9.17) is 28.4 Å². The molecule has 0 radical (unpaired) electrons. The van der Waals surface area contributed by atoms with Crippen LogP contribution in [0.5, 0.6) is 0 Å². The number of hydrogen-bond acceptors (Lipinski definition) is 22. The van der Waals surface area contributed by atoms with Crippen molar-refractivity contribution < 1.29 is 99.9 Å². The van der Waals surface area contributed by atoms with Crippen LogP contribution in [0.4, 0.5) is 0 Å². The van der Waals surface area contributed by atoms with Gasteiger partial charge < -0.3 is 99.9 Å². The van der Waals surface area contributed by atoms with Gasteiger partial charge in [-0.15, -0.1) is 0 Å². The first kappa shape index (κ1) is 39.9. The molecule has 0 aromatic rings. The fourth-order valence-corrected chi connectivity index (χ4v) is 5.93. The molecule has 0 unspecified atom stereocenters. The largest absolute Gasteiger partial charge is 0.394 e. The molecule has 282 valence electrons. The molecule has 48 heavy (non-hydrogen) atoms. The van der Waals surface area contributed by atoms with E-state index in [-0.39, 0.29) is 13.1 Å². The highest BCUT2D eigenvalue weighted by Crippen LogP contribution is 2.30. The first-order valence-corrected chi connectivity index (χ1v) is 15.4. The van der Waals surface area contributed by atoms with E-state index in [1.54, 1.807) is 0 Å². The summed E-state index contributed by atoms with van der Waals surface area (Å²) < 4.78 is 32.8. The van der Waals surface area contributed by atoms with E-state index in [9.17, 15) is 71.5 Å². The van der Waals surface area contributed by atoms with Gasteiger partial charge in [-0.25, -0.2) is 0 Å². The van der Waals surface area contributed by atoms with Gasteiger partial charge in [-0.1, -0.05) is 0 Å². The second-order valence-electron chi connectivity index (χ2n) is 12.0. The zero-order valence-electron chi connectivity index (χ0n) is 25.5. The van der Waals surface area contributed by atoms with Crippen molar-refractivity contribution in [2.45, 2.75) is 123 Å². The summed E-state index contributed by atoms with van der Waals surface area (Å²) in [5, 5.41) is 148. The van der Waals surface area contributed by atoms with Crippen LogP contribution in [0.15, 0.2) is 0 Å². The third kappa shape index (κ3) is 8.42. The van der Waals surface area contributed by atoms with Crippen molar-refractivity contribution in [3.8, 4) is 0 Å². The molecule has 0 saturated carbocycles. The average molecular weight is 709 g/mol. The average Bonchev–Trinajstić information content (AvgIpc) is 3.08. The maximum atomic E-state index is 10.9. The molecule has 4 aliphatic heterocycles. The van der Waals surface area contributed by atoms with Gasteiger partial charge in [-0.2, -0.15) is 0 Å². The molecule has 4 aliphatic rings. The summed E-state index contributed by atoms with van der Waals surface area (Å²) in [7, 11) is 0. The number of aliphatic hydroxyl groups excluding tert-OH is 14. The van der Waals surface area contributed by atoms with Gasteiger partial charge >= 0.3 is 0 Å². The topological polar surface area (TPSA) is 363 Å². The lowest BCUT2D eigenvalue weighted by Crippen LogP contribution is -2.67. The summed E-state index contributed by atoms with van der Waals surface area (Å²) in [5.74, 6) is 0. The van der Waals surface area contributed by atoms with Crippen LogP contribution >= 0.6 is 0 Å². The maximum Gasteiger partial charge on any atom is 0.187 e. The van der Waals surface area contributed by atoms with Crippen molar-refractivity contribution in [2.24, 2.45) is 0 Å².